The van der Waals surface area contributed by atoms with Crippen molar-refractivity contribution in [1.29, 1.82) is 0 Å². The van der Waals surface area contributed by atoms with Crippen LogP contribution in [0.25, 0.3) is 0 Å². The topological polar surface area (TPSA) is 98.0 Å². The molecule has 1 aliphatic carbocycles. The van der Waals surface area contributed by atoms with E-state index in [0.29, 0.717) is 22.8 Å². The number of rotatable bonds is 6. The van der Waals surface area contributed by atoms with Crippen LogP contribution < -0.4 is 20.2 Å². The van der Waals surface area contributed by atoms with Crippen LogP contribution in [0.5, 0.6) is 11.5 Å². The fourth-order valence-electron chi connectivity index (χ4n) is 3.04. The van der Waals surface area contributed by atoms with Crippen molar-refractivity contribution in [3.05, 3.63) is 27.8 Å². The normalized spacial score (nSPS) is 19.8. The third-order valence-corrected chi connectivity index (χ3v) is 4.74. The Kier molecular flexibility index (Phi) is 7.14. The van der Waals surface area contributed by atoms with Crippen molar-refractivity contribution in [2.75, 3.05) is 14.2 Å². The summed E-state index contributed by atoms with van der Waals surface area (Å²) in [6.07, 6.45) is 6.04. The molecule has 1 fully saturated rings. The van der Waals surface area contributed by atoms with Crippen molar-refractivity contribution < 1.29 is 14.4 Å². The van der Waals surface area contributed by atoms with Crippen LogP contribution in [0.2, 0.25) is 0 Å². The first-order chi connectivity index (χ1) is 12.5. The first kappa shape index (κ1) is 19.9. The number of thiocarbonyl (C=S) groups is 1. The highest BCUT2D eigenvalue weighted by Crippen LogP contribution is 2.33. The molecule has 0 aromatic heterocycles. The van der Waals surface area contributed by atoms with Crippen molar-refractivity contribution >= 4 is 29.2 Å². The van der Waals surface area contributed by atoms with Gasteiger partial charge in [-0.05, 0) is 37.0 Å². The number of methoxy groups -OCH3 is 2. The number of nitrogens with one attached hydrogen (secondary N) is 2. The van der Waals surface area contributed by atoms with E-state index in [1.165, 1.54) is 51.8 Å². The largest absolute Gasteiger partial charge is 0.493 e. The number of hydrazone groups is 1. The van der Waals surface area contributed by atoms with Crippen LogP contribution in [0.4, 0.5) is 5.69 Å². The molecular weight excluding hydrogens is 356 g/mol. The van der Waals surface area contributed by atoms with E-state index in [1.54, 1.807) is 0 Å². The molecule has 0 bridgehead atoms. The molecule has 26 heavy (non-hydrogen) atoms. The Balaban J connectivity index is 2.06. The standard InChI is InChI=1S/C17H24N4O4S/c1-11-6-4-5-7-13(11)19-17(26)20-18-10-12-8-15(24-2)16(25-3)9-14(12)21(22)23/h8-11,13H,4-7H2,1-3H3,(H2,19,20,26)/b18-10-/t11-,13+/m1/s1. The third kappa shape index (κ3) is 5.04. The highest BCUT2D eigenvalue weighted by Gasteiger charge is 2.22. The van der Waals surface area contributed by atoms with E-state index < -0.39 is 4.92 Å². The molecule has 2 N–H and O–H groups in total. The van der Waals surface area contributed by atoms with Gasteiger partial charge in [0, 0.05) is 6.04 Å². The number of hydrogen-bond donors (Lipinski definition) is 2. The molecule has 1 aromatic carbocycles. The molecule has 1 saturated carbocycles. The van der Waals surface area contributed by atoms with Gasteiger partial charge < -0.3 is 14.8 Å². The quantitative estimate of drug-likeness (QED) is 0.339. The second-order valence-electron chi connectivity index (χ2n) is 6.23. The van der Waals surface area contributed by atoms with Crippen molar-refractivity contribution in [2.45, 2.75) is 38.6 Å². The summed E-state index contributed by atoms with van der Waals surface area (Å²) in [7, 11) is 2.89. The Morgan fingerprint density at radius 1 is 1.31 bits per heavy atom. The zero-order chi connectivity index (χ0) is 19.1. The Hall–Kier alpha value is -2.42. The highest BCUT2D eigenvalue weighted by atomic mass is 32.1. The molecule has 0 heterocycles. The van der Waals surface area contributed by atoms with E-state index in [0.717, 1.165) is 6.42 Å². The Morgan fingerprint density at radius 3 is 2.58 bits per heavy atom. The predicted octanol–water partition coefficient (Wildman–Crippen LogP) is 2.99. The van der Waals surface area contributed by atoms with Gasteiger partial charge in [0.1, 0.15) is 0 Å². The summed E-state index contributed by atoms with van der Waals surface area (Å²) in [5, 5.41) is 19.0. The summed E-state index contributed by atoms with van der Waals surface area (Å²) in [6, 6.07) is 3.14. The molecular formula is C17H24N4O4S. The van der Waals surface area contributed by atoms with Crippen LogP contribution in [0, 0.1) is 16.0 Å². The number of nitro groups is 1. The van der Waals surface area contributed by atoms with Crippen LogP contribution in [0.15, 0.2) is 17.2 Å². The molecule has 0 radical (unpaired) electrons. The zero-order valence-electron chi connectivity index (χ0n) is 15.2. The van der Waals surface area contributed by atoms with Crippen molar-refractivity contribution in [1.82, 2.24) is 10.7 Å². The number of nitrogens with zero attached hydrogens (tertiary/aromatic N) is 2. The van der Waals surface area contributed by atoms with Crippen molar-refractivity contribution in [3.8, 4) is 11.5 Å². The average Bonchev–Trinajstić information content (AvgIpc) is 2.62. The van der Waals surface area contributed by atoms with Gasteiger partial charge >= 0.3 is 0 Å². The van der Waals surface area contributed by atoms with Gasteiger partial charge in [-0.2, -0.15) is 5.10 Å². The average molecular weight is 380 g/mol. The lowest BCUT2D eigenvalue weighted by Crippen LogP contribution is -2.44. The predicted molar refractivity (Wildman–Crippen MR) is 104 cm³/mol. The van der Waals surface area contributed by atoms with E-state index >= 15 is 0 Å². The van der Waals surface area contributed by atoms with E-state index in [9.17, 15) is 10.1 Å². The van der Waals surface area contributed by atoms with Gasteiger partial charge in [0.15, 0.2) is 16.6 Å². The second kappa shape index (κ2) is 9.33. The Labute approximate surface area is 158 Å². The fraction of sp³-hybridized carbons (Fsp3) is 0.529. The zero-order valence-corrected chi connectivity index (χ0v) is 16.0. The second-order valence-corrected chi connectivity index (χ2v) is 6.64. The van der Waals surface area contributed by atoms with Gasteiger partial charge in [-0.3, -0.25) is 15.5 Å². The number of hydrogen-bond acceptors (Lipinski definition) is 6. The monoisotopic (exact) mass is 380 g/mol. The maximum Gasteiger partial charge on any atom is 0.282 e. The first-order valence-electron chi connectivity index (χ1n) is 8.46. The maximum absolute atomic E-state index is 11.3. The van der Waals surface area contributed by atoms with E-state index in [4.69, 9.17) is 21.7 Å². The molecule has 0 saturated heterocycles. The SMILES string of the molecule is COc1cc(/C=N\NC(=S)N[C@H]2CCCC[C@H]2C)c([N+](=O)[O-])cc1OC. The highest BCUT2D eigenvalue weighted by molar-refractivity contribution is 7.80. The van der Waals surface area contributed by atoms with Gasteiger partial charge in [0.25, 0.3) is 5.69 Å². The first-order valence-corrected chi connectivity index (χ1v) is 8.87. The molecule has 0 unspecified atom stereocenters. The summed E-state index contributed by atoms with van der Waals surface area (Å²) >= 11 is 5.26. The smallest absolute Gasteiger partial charge is 0.282 e. The number of ether oxygens (including phenoxy) is 2. The van der Waals surface area contributed by atoms with Gasteiger partial charge in [0.05, 0.1) is 37.0 Å². The summed E-state index contributed by atoms with van der Waals surface area (Å²) in [5.74, 6) is 1.23. The maximum atomic E-state index is 11.3. The molecule has 2 rings (SSSR count). The lowest BCUT2D eigenvalue weighted by molar-refractivity contribution is -0.385. The molecule has 1 aromatic rings. The summed E-state index contributed by atoms with van der Waals surface area (Å²) < 4.78 is 10.3. The van der Waals surface area contributed by atoms with Crippen molar-refractivity contribution in [2.24, 2.45) is 11.0 Å². The number of benzene rings is 1. The van der Waals surface area contributed by atoms with Crippen LogP contribution in [-0.2, 0) is 0 Å². The summed E-state index contributed by atoms with van der Waals surface area (Å²) in [6.45, 7) is 2.20. The van der Waals surface area contributed by atoms with E-state index in [2.05, 4.69) is 22.8 Å². The molecule has 2 atom stereocenters. The minimum Gasteiger partial charge on any atom is -0.493 e. The Morgan fingerprint density at radius 2 is 1.96 bits per heavy atom. The number of nitro benzene ring substituents is 1. The van der Waals surface area contributed by atoms with Gasteiger partial charge in [-0.1, -0.05) is 19.8 Å². The minimum atomic E-state index is -0.496. The Bertz CT molecular complexity index is 696. The van der Waals surface area contributed by atoms with E-state index in [-0.39, 0.29) is 17.0 Å². The third-order valence-electron chi connectivity index (χ3n) is 4.53. The lowest BCUT2D eigenvalue weighted by Gasteiger charge is -2.30. The van der Waals surface area contributed by atoms with Crippen LogP contribution in [0.1, 0.15) is 38.2 Å². The van der Waals surface area contributed by atoms with Crippen LogP contribution in [-0.4, -0.2) is 36.5 Å². The molecule has 9 heteroatoms. The molecule has 1 aliphatic rings. The van der Waals surface area contributed by atoms with Crippen LogP contribution >= 0.6 is 12.2 Å². The molecule has 0 spiro atoms. The molecule has 0 aliphatic heterocycles. The molecule has 142 valence electrons. The molecule has 8 nitrogen and oxygen atoms in total. The van der Waals surface area contributed by atoms with E-state index in [1.807, 2.05) is 0 Å². The van der Waals surface area contributed by atoms with Gasteiger partial charge in [-0.25, -0.2) is 0 Å². The molecule has 0 amide bonds. The van der Waals surface area contributed by atoms with Gasteiger partial charge in [0.2, 0.25) is 0 Å². The summed E-state index contributed by atoms with van der Waals surface area (Å²) in [4.78, 5) is 10.8. The van der Waals surface area contributed by atoms with Crippen molar-refractivity contribution in [3.63, 3.8) is 0 Å². The minimum absolute atomic E-state index is 0.131. The fourth-order valence-corrected chi connectivity index (χ4v) is 3.24. The lowest BCUT2D eigenvalue weighted by atomic mass is 9.86. The van der Waals surface area contributed by atoms with Crippen LogP contribution in [0.3, 0.4) is 0 Å². The van der Waals surface area contributed by atoms with Gasteiger partial charge in [-0.15, -0.1) is 0 Å². The summed E-state index contributed by atoms with van der Waals surface area (Å²) in [5.41, 5.74) is 2.88.